The number of carbonyl (C=O) groups excluding carboxylic acids is 1. The molecule has 0 aliphatic rings. The van der Waals surface area contributed by atoms with Crippen LogP contribution in [-0.2, 0) is 11.2 Å². The number of nitrogens with zero attached hydrogens (tertiary/aromatic N) is 2. The van der Waals surface area contributed by atoms with Crippen molar-refractivity contribution in [1.29, 1.82) is 0 Å². The fraction of sp³-hybridized carbons (Fsp3) is 0.500. The number of thiophene rings is 1. The van der Waals surface area contributed by atoms with Crippen LogP contribution < -0.4 is 5.32 Å². The summed E-state index contributed by atoms with van der Waals surface area (Å²) in [5.74, 6) is 0.0564. The number of fused-ring (bicyclic) bond motifs is 1. The van der Waals surface area contributed by atoms with E-state index in [0.29, 0.717) is 23.9 Å². The molecule has 3 rings (SSSR count). The third kappa shape index (κ3) is 6.02. The maximum absolute atomic E-state index is 12.9. The van der Waals surface area contributed by atoms with Gasteiger partial charge in [-0.05, 0) is 61.2 Å². The number of carboxylic acid groups (broad SMARTS) is 1. The van der Waals surface area contributed by atoms with E-state index in [1.54, 1.807) is 23.5 Å². The number of amides is 1. The standard InChI is InChI=1S/C26H35N3O3S/c1-5-17(4)10-12-21(26(31)32)28-25(30)18-11-13-23-22(15-18)27-24(16-20-9-8-14-33-20)29(23)19(6-2)7-3/h8-9,11,13-15,17,19,21H,5-7,10,12,16H2,1-4H3,(H,28,30)(H,31,32). The van der Waals surface area contributed by atoms with E-state index in [-0.39, 0.29) is 5.91 Å². The van der Waals surface area contributed by atoms with Crippen molar-refractivity contribution in [3.05, 3.63) is 52.0 Å². The number of aromatic nitrogens is 2. The van der Waals surface area contributed by atoms with Crippen LogP contribution in [0, 0.1) is 5.92 Å². The molecule has 0 saturated heterocycles. The Balaban J connectivity index is 1.89. The summed E-state index contributed by atoms with van der Waals surface area (Å²) in [6, 6.07) is 9.12. The normalized spacial score (nSPS) is 13.4. The van der Waals surface area contributed by atoms with Crippen LogP contribution in [-0.4, -0.2) is 32.6 Å². The van der Waals surface area contributed by atoms with Crippen LogP contribution in [0.25, 0.3) is 11.0 Å². The minimum absolute atomic E-state index is 0.335. The Labute approximate surface area is 200 Å². The molecule has 3 aromatic rings. The molecular formula is C26H35N3O3S. The highest BCUT2D eigenvalue weighted by Gasteiger charge is 2.23. The molecule has 2 aromatic heterocycles. The summed E-state index contributed by atoms with van der Waals surface area (Å²) in [7, 11) is 0. The Bertz CT molecular complexity index is 1070. The van der Waals surface area contributed by atoms with Crippen molar-refractivity contribution in [2.75, 3.05) is 0 Å². The van der Waals surface area contributed by atoms with Gasteiger partial charge in [-0.1, -0.05) is 40.2 Å². The van der Waals surface area contributed by atoms with Gasteiger partial charge < -0.3 is 15.0 Å². The van der Waals surface area contributed by atoms with Crippen LogP contribution in [0.2, 0.25) is 0 Å². The van der Waals surface area contributed by atoms with Crippen LogP contribution in [0.4, 0.5) is 0 Å². The second kappa shape index (κ2) is 11.5. The van der Waals surface area contributed by atoms with Gasteiger partial charge in [-0.15, -0.1) is 11.3 Å². The van der Waals surface area contributed by atoms with E-state index < -0.39 is 12.0 Å². The van der Waals surface area contributed by atoms with Crippen LogP contribution in [0.3, 0.4) is 0 Å². The summed E-state index contributed by atoms with van der Waals surface area (Å²) < 4.78 is 2.31. The van der Waals surface area contributed by atoms with E-state index in [2.05, 4.69) is 49.0 Å². The number of carboxylic acids is 1. The molecule has 178 valence electrons. The summed E-state index contributed by atoms with van der Waals surface area (Å²) in [5, 5.41) is 14.4. The first-order valence-corrected chi connectivity index (χ1v) is 12.8. The van der Waals surface area contributed by atoms with E-state index in [9.17, 15) is 14.7 Å². The minimum atomic E-state index is -0.996. The quantitative estimate of drug-likeness (QED) is 0.338. The predicted molar refractivity (Wildman–Crippen MR) is 134 cm³/mol. The predicted octanol–water partition coefficient (Wildman–Crippen LogP) is 6.06. The summed E-state index contributed by atoms with van der Waals surface area (Å²) in [4.78, 5) is 30.8. The topological polar surface area (TPSA) is 84.2 Å². The van der Waals surface area contributed by atoms with E-state index in [1.807, 2.05) is 12.1 Å². The van der Waals surface area contributed by atoms with Gasteiger partial charge in [-0.25, -0.2) is 9.78 Å². The molecule has 2 unspecified atom stereocenters. The van der Waals surface area contributed by atoms with Crippen LogP contribution in [0.15, 0.2) is 35.7 Å². The highest BCUT2D eigenvalue weighted by molar-refractivity contribution is 7.09. The third-order valence-electron chi connectivity index (χ3n) is 6.49. The maximum Gasteiger partial charge on any atom is 0.326 e. The first-order valence-electron chi connectivity index (χ1n) is 11.9. The molecule has 0 aliphatic heterocycles. The van der Waals surface area contributed by atoms with Gasteiger partial charge in [-0.3, -0.25) is 4.79 Å². The van der Waals surface area contributed by atoms with Crippen molar-refractivity contribution >= 4 is 34.2 Å². The molecule has 2 heterocycles. The first-order chi connectivity index (χ1) is 15.9. The Morgan fingerprint density at radius 2 is 1.88 bits per heavy atom. The van der Waals surface area contributed by atoms with Crippen molar-refractivity contribution in [1.82, 2.24) is 14.9 Å². The van der Waals surface area contributed by atoms with E-state index in [1.165, 1.54) is 4.88 Å². The first kappa shape index (κ1) is 25.0. The molecule has 0 aliphatic carbocycles. The number of carbonyl (C=O) groups is 2. The lowest BCUT2D eigenvalue weighted by Crippen LogP contribution is -2.41. The highest BCUT2D eigenvalue weighted by Crippen LogP contribution is 2.28. The van der Waals surface area contributed by atoms with Gasteiger partial charge in [0.1, 0.15) is 11.9 Å². The fourth-order valence-corrected chi connectivity index (χ4v) is 4.90. The van der Waals surface area contributed by atoms with Gasteiger partial charge in [-0.2, -0.15) is 0 Å². The minimum Gasteiger partial charge on any atom is -0.480 e. The van der Waals surface area contributed by atoms with Gasteiger partial charge in [0.15, 0.2) is 0 Å². The molecule has 33 heavy (non-hydrogen) atoms. The van der Waals surface area contributed by atoms with Crippen molar-refractivity contribution in [2.24, 2.45) is 5.92 Å². The van der Waals surface area contributed by atoms with Gasteiger partial charge in [0.05, 0.1) is 11.0 Å². The lowest BCUT2D eigenvalue weighted by Gasteiger charge is -2.19. The molecule has 2 N–H and O–H groups in total. The lowest BCUT2D eigenvalue weighted by molar-refractivity contribution is -0.139. The molecule has 0 bridgehead atoms. The van der Waals surface area contributed by atoms with E-state index in [4.69, 9.17) is 4.98 Å². The summed E-state index contributed by atoms with van der Waals surface area (Å²) >= 11 is 1.72. The SMILES string of the molecule is CCC(C)CCC(NC(=O)c1ccc2c(c1)nc(Cc1cccs1)n2C(CC)CC)C(=O)O. The van der Waals surface area contributed by atoms with Crippen LogP contribution in [0.5, 0.6) is 0 Å². The highest BCUT2D eigenvalue weighted by atomic mass is 32.1. The van der Waals surface area contributed by atoms with E-state index >= 15 is 0 Å². The number of nitrogens with one attached hydrogen (secondary N) is 1. The zero-order valence-electron chi connectivity index (χ0n) is 20.0. The zero-order chi connectivity index (χ0) is 24.0. The molecule has 0 fully saturated rings. The average Bonchev–Trinajstić information content (AvgIpc) is 3.44. The Morgan fingerprint density at radius 1 is 1.12 bits per heavy atom. The lowest BCUT2D eigenvalue weighted by atomic mass is 9.99. The van der Waals surface area contributed by atoms with E-state index in [0.717, 1.165) is 49.0 Å². The second-order valence-corrected chi connectivity index (χ2v) is 9.82. The molecule has 2 atom stereocenters. The van der Waals surface area contributed by atoms with Gasteiger partial charge in [0.25, 0.3) is 5.91 Å². The number of hydrogen-bond acceptors (Lipinski definition) is 4. The maximum atomic E-state index is 12.9. The molecular weight excluding hydrogens is 434 g/mol. The van der Waals surface area contributed by atoms with Crippen molar-refractivity contribution in [3.63, 3.8) is 0 Å². The van der Waals surface area contributed by atoms with Crippen molar-refractivity contribution in [3.8, 4) is 0 Å². The van der Waals surface area contributed by atoms with Gasteiger partial charge >= 0.3 is 5.97 Å². The molecule has 1 aromatic carbocycles. The molecule has 1 amide bonds. The van der Waals surface area contributed by atoms with Gasteiger partial charge in [0.2, 0.25) is 0 Å². The summed E-state index contributed by atoms with van der Waals surface area (Å²) in [5.41, 5.74) is 2.22. The summed E-state index contributed by atoms with van der Waals surface area (Å²) in [6.07, 6.45) is 4.92. The third-order valence-corrected chi connectivity index (χ3v) is 7.37. The Hall–Kier alpha value is -2.67. The molecule has 6 nitrogen and oxygen atoms in total. The molecule has 0 saturated carbocycles. The number of imidazole rings is 1. The van der Waals surface area contributed by atoms with Crippen molar-refractivity contribution < 1.29 is 14.7 Å². The van der Waals surface area contributed by atoms with Crippen LogP contribution in [0.1, 0.15) is 86.9 Å². The average molecular weight is 470 g/mol. The summed E-state index contributed by atoms with van der Waals surface area (Å²) in [6.45, 7) is 8.55. The van der Waals surface area contributed by atoms with Crippen molar-refractivity contribution in [2.45, 2.75) is 78.3 Å². The van der Waals surface area contributed by atoms with Gasteiger partial charge in [0, 0.05) is 22.9 Å². The molecule has 7 heteroatoms. The fourth-order valence-electron chi connectivity index (χ4n) is 4.20. The zero-order valence-corrected chi connectivity index (χ0v) is 20.8. The molecule has 0 radical (unpaired) electrons. The number of aliphatic carboxylic acids is 1. The number of hydrogen-bond donors (Lipinski definition) is 2. The smallest absolute Gasteiger partial charge is 0.326 e. The Kier molecular flexibility index (Phi) is 8.67. The van der Waals surface area contributed by atoms with Crippen LogP contribution >= 0.6 is 11.3 Å². The largest absolute Gasteiger partial charge is 0.480 e. The number of benzene rings is 1. The monoisotopic (exact) mass is 469 g/mol. The number of rotatable bonds is 12. The molecule has 0 spiro atoms. The Morgan fingerprint density at radius 3 is 2.48 bits per heavy atom. The second-order valence-electron chi connectivity index (χ2n) is 8.78.